The van der Waals surface area contributed by atoms with Gasteiger partial charge in [0.25, 0.3) is 5.91 Å². The number of ether oxygens (including phenoxy) is 1. The van der Waals surface area contributed by atoms with E-state index in [2.05, 4.69) is 26.8 Å². The van der Waals surface area contributed by atoms with E-state index < -0.39 is 36.8 Å². The van der Waals surface area contributed by atoms with Crippen LogP contribution in [0.4, 0.5) is 10.2 Å². The van der Waals surface area contributed by atoms with Crippen LogP contribution in [0.2, 0.25) is 0 Å². The van der Waals surface area contributed by atoms with Crippen molar-refractivity contribution in [3.05, 3.63) is 70.4 Å². The molecule has 1 unspecified atom stereocenters. The third kappa shape index (κ3) is 5.80. The minimum absolute atomic E-state index is 0.00666. The van der Waals surface area contributed by atoms with Crippen LogP contribution in [0, 0.1) is 5.82 Å². The number of amides is 1. The number of aliphatic hydroxyl groups is 1. The summed E-state index contributed by atoms with van der Waals surface area (Å²) in [5.41, 5.74) is 2.61. The number of aromatic nitrogens is 3. The van der Waals surface area contributed by atoms with Gasteiger partial charge in [0, 0.05) is 31.4 Å². The van der Waals surface area contributed by atoms with Gasteiger partial charge < -0.3 is 25.6 Å². The highest BCUT2D eigenvalue weighted by Gasteiger charge is 2.23. The lowest BCUT2D eigenvalue weighted by Gasteiger charge is -2.18. The lowest BCUT2D eigenvalue weighted by molar-refractivity contribution is -0.137. The minimum Gasteiger partial charge on any atom is -0.494 e. The van der Waals surface area contributed by atoms with Gasteiger partial charge in [0.15, 0.2) is 11.6 Å². The molecule has 1 aliphatic heterocycles. The smallest absolute Gasteiger partial charge is 0.305 e. The largest absolute Gasteiger partial charge is 0.494 e. The van der Waals surface area contributed by atoms with E-state index in [1.165, 1.54) is 31.0 Å². The number of hydrogen-bond acceptors (Lipinski definition) is 7. The Morgan fingerprint density at radius 3 is 2.86 bits per heavy atom. The highest BCUT2D eigenvalue weighted by molar-refractivity contribution is 5.95. The predicted octanol–water partition coefficient (Wildman–Crippen LogP) is 2.46. The van der Waals surface area contributed by atoms with Crippen molar-refractivity contribution in [2.75, 3.05) is 19.0 Å². The van der Waals surface area contributed by atoms with Crippen LogP contribution >= 0.6 is 0 Å². The first kappa shape index (κ1) is 25.1. The zero-order chi connectivity index (χ0) is 25.7. The van der Waals surface area contributed by atoms with E-state index in [1.54, 1.807) is 4.68 Å². The SMILES string of the molecule is COc1ccc(C(CC(=O)O)NC(=O)c2cn(CCc3ccc4c(n3)NCCC4)nc2CO)cc1F. The molecule has 4 rings (SSSR count). The van der Waals surface area contributed by atoms with Gasteiger partial charge >= 0.3 is 5.97 Å². The van der Waals surface area contributed by atoms with Crippen molar-refractivity contribution in [2.45, 2.75) is 44.9 Å². The number of nitrogens with zero attached hydrogens (tertiary/aromatic N) is 3. The molecule has 1 aliphatic rings. The van der Waals surface area contributed by atoms with E-state index in [1.807, 2.05) is 6.07 Å². The molecule has 0 radical (unpaired) electrons. The number of anilines is 1. The number of aryl methyl sites for hydroxylation is 3. The fraction of sp³-hybridized carbons (Fsp3) is 0.360. The first-order valence-corrected chi connectivity index (χ1v) is 11.6. The molecule has 1 aromatic carbocycles. The summed E-state index contributed by atoms with van der Waals surface area (Å²) in [6.45, 7) is 0.846. The summed E-state index contributed by atoms with van der Waals surface area (Å²) in [6.07, 6.45) is 3.69. The summed E-state index contributed by atoms with van der Waals surface area (Å²) in [5, 5.41) is 29.3. The molecule has 11 heteroatoms. The van der Waals surface area contributed by atoms with Gasteiger partial charge in [-0.15, -0.1) is 0 Å². The maximum Gasteiger partial charge on any atom is 0.305 e. The molecule has 0 spiro atoms. The Bertz CT molecular complexity index is 1260. The van der Waals surface area contributed by atoms with E-state index in [0.29, 0.717) is 13.0 Å². The van der Waals surface area contributed by atoms with E-state index in [9.17, 15) is 24.2 Å². The second-order valence-electron chi connectivity index (χ2n) is 8.52. The molecule has 36 heavy (non-hydrogen) atoms. The predicted molar refractivity (Wildman–Crippen MR) is 128 cm³/mol. The molecular weight excluding hydrogens is 469 g/mol. The maximum atomic E-state index is 14.2. The first-order chi connectivity index (χ1) is 17.4. The van der Waals surface area contributed by atoms with Gasteiger partial charge in [-0.2, -0.15) is 5.10 Å². The highest BCUT2D eigenvalue weighted by Crippen LogP contribution is 2.25. The fourth-order valence-electron chi connectivity index (χ4n) is 4.18. The third-order valence-corrected chi connectivity index (χ3v) is 6.04. The summed E-state index contributed by atoms with van der Waals surface area (Å²) in [4.78, 5) is 29.1. The van der Waals surface area contributed by atoms with Crippen molar-refractivity contribution in [3.8, 4) is 5.75 Å². The van der Waals surface area contributed by atoms with E-state index in [-0.39, 0.29) is 22.6 Å². The molecule has 4 N–H and O–H groups in total. The van der Waals surface area contributed by atoms with Crippen LogP contribution in [-0.4, -0.2) is 50.5 Å². The molecular formula is C25H28FN5O5. The van der Waals surface area contributed by atoms with Crippen molar-refractivity contribution in [2.24, 2.45) is 0 Å². The molecule has 0 saturated heterocycles. The third-order valence-electron chi connectivity index (χ3n) is 6.04. The average molecular weight is 498 g/mol. The summed E-state index contributed by atoms with van der Waals surface area (Å²) >= 11 is 0. The number of carbonyl (C=O) groups excluding carboxylic acids is 1. The van der Waals surface area contributed by atoms with E-state index in [0.717, 1.165) is 37.0 Å². The quantitative estimate of drug-likeness (QED) is 0.335. The van der Waals surface area contributed by atoms with Crippen molar-refractivity contribution in [3.63, 3.8) is 0 Å². The van der Waals surface area contributed by atoms with Crippen LogP contribution in [0.5, 0.6) is 5.75 Å². The average Bonchev–Trinajstić information content (AvgIpc) is 3.30. The van der Waals surface area contributed by atoms with Crippen LogP contribution in [0.1, 0.15) is 51.8 Å². The molecule has 0 aliphatic carbocycles. The molecule has 0 bridgehead atoms. The summed E-state index contributed by atoms with van der Waals surface area (Å²) in [6, 6.07) is 7.02. The summed E-state index contributed by atoms with van der Waals surface area (Å²) in [7, 11) is 1.32. The number of rotatable bonds is 10. The van der Waals surface area contributed by atoms with Gasteiger partial charge in [-0.25, -0.2) is 9.37 Å². The molecule has 190 valence electrons. The number of halogens is 1. The number of nitrogens with one attached hydrogen (secondary N) is 2. The Morgan fingerprint density at radius 1 is 1.31 bits per heavy atom. The number of fused-ring (bicyclic) bond motifs is 1. The molecule has 1 atom stereocenters. The van der Waals surface area contributed by atoms with Crippen molar-refractivity contribution in [1.82, 2.24) is 20.1 Å². The molecule has 10 nitrogen and oxygen atoms in total. The topological polar surface area (TPSA) is 139 Å². The second-order valence-corrected chi connectivity index (χ2v) is 8.52. The van der Waals surface area contributed by atoms with Gasteiger partial charge in [0.1, 0.15) is 11.5 Å². The number of aliphatic carboxylic acids is 1. The number of aliphatic hydroxyl groups excluding tert-OH is 1. The van der Waals surface area contributed by atoms with Crippen molar-refractivity contribution >= 4 is 17.7 Å². The lowest BCUT2D eigenvalue weighted by Crippen LogP contribution is -2.30. The number of carboxylic acids is 1. The van der Waals surface area contributed by atoms with Crippen molar-refractivity contribution in [1.29, 1.82) is 0 Å². The Labute approximate surface area is 207 Å². The number of carbonyl (C=O) groups is 2. The number of methoxy groups -OCH3 is 1. The monoisotopic (exact) mass is 497 g/mol. The summed E-state index contributed by atoms with van der Waals surface area (Å²) in [5.74, 6) is -1.55. The van der Waals surface area contributed by atoms with Gasteiger partial charge in [-0.05, 0) is 42.2 Å². The van der Waals surface area contributed by atoms with E-state index >= 15 is 0 Å². The van der Waals surface area contributed by atoms with Crippen LogP contribution < -0.4 is 15.4 Å². The maximum absolute atomic E-state index is 14.2. The lowest BCUT2D eigenvalue weighted by atomic mass is 10.0. The Morgan fingerprint density at radius 2 is 2.14 bits per heavy atom. The first-order valence-electron chi connectivity index (χ1n) is 11.6. The van der Waals surface area contributed by atoms with Crippen LogP contribution in [0.15, 0.2) is 36.5 Å². The molecule has 1 amide bonds. The van der Waals surface area contributed by atoms with E-state index in [4.69, 9.17) is 4.74 Å². The number of benzene rings is 1. The summed E-state index contributed by atoms with van der Waals surface area (Å²) < 4.78 is 20.7. The van der Waals surface area contributed by atoms with Crippen LogP contribution in [0.25, 0.3) is 0 Å². The Kier molecular flexibility index (Phi) is 7.79. The van der Waals surface area contributed by atoms with Crippen molar-refractivity contribution < 1.29 is 28.9 Å². The molecule has 3 heterocycles. The minimum atomic E-state index is -1.17. The Hall–Kier alpha value is -3.99. The highest BCUT2D eigenvalue weighted by atomic mass is 19.1. The van der Waals surface area contributed by atoms with Gasteiger partial charge in [-0.3, -0.25) is 14.3 Å². The molecule has 2 aromatic heterocycles. The fourth-order valence-corrected chi connectivity index (χ4v) is 4.18. The number of hydrogen-bond donors (Lipinski definition) is 4. The molecule has 0 fully saturated rings. The van der Waals surface area contributed by atoms with Gasteiger partial charge in [0.2, 0.25) is 0 Å². The molecule has 0 saturated carbocycles. The second kappa shape index (κ2) is 11.2. The normalized spacial score (nSPS) is 13.4. The number of pyridine rings is 1. The Balaban J connectivity index is 1.48. The standard InChI is InChI=1S/C25H28FN5O5/c1-36-22-7-5-16(11-19(22)26)20(12-23(33)34)29-25(35)18-13-31(30-21(18)14-32)10-8-17-6-4-15-3-2-9-27-24(15)28-17/h4-7,11,13,20,32H,2-3,8-10,12,14H2,1H3,(H,27,28)(H,29,35)(H,33,34). The van der Waals surface area contributed by atoms with Gasteiger partial charge in [-0.1, -0.05) is 12.1 Å². The zero-order valence-corrected chi connectivity index (χ0v) is 19.8. The number of carboxylic acid groups (broad SMARTS) is 1. The zero-order valence-electron chi connectivity index (χ0n) is 19.8. The van der Waals surface area contributed by atoms with Crippen LogP contribution in [0.3, 0.4) is 0 Å². The molecule has 3 aromatic rings. The van der Waals surface area contributed by atoms with Crippen LogP contribution in [-0.2, 0) is 30.8 Å². The van der Waals surface area contributed by atoms with Gasteiger partial charge in [0.05, 0.1) is 31.7 Å².